The molecule has 33 heavy (non-hydrogen) atoms. The number of carbonyl (C=O) groups excluding carboxylic acids is 1. The predicted molar refractivity (Wildman–Crippen MR) is 124 cm³/mol. The van der Waals surface area contributed by atoms with Crippen molar-refractivity contribution in [2.24, 2.45) is 0 Å². The third-order valence-corrected chi connectivity index (χ3v) is 4.86. The smallest absolute Gasteiger partial charge is 0.412 e. The molecule has 0 aliphatic rings. The van der Waals surface area contributed by atoms with Crippen molar-refractivity contribution in [3.8, 4) is 5.88 Å². The molecule has 4 heterocycles. The predicted octanol–water partition coefficient (Wildman–Crippen LogP) is 4.38. The van der Waals surface area contributed by atoms with Gasteiger partial charge in [0.25, 0.3) is 0 Å². The summed E-state index contributed by atoms with van der Waals surface area (Å²) in [5, 5.41) is 2.62. The van der Waals surface area contributed by atoms with E-state index in [0.29, 0.717) is 17.5 Å². The fourth-order valence-electron chi connectivity index (χ4n) is 3.40. The zero-order valence-electron chi connectivity index (χ0n) is 18.1. The van der Waals surface area contributed by atoms with Gasteiger partial charge in [-0.2, -0.15) is 0 Å². The normalized spacial score (nSPS) is 10.5. The third-order valence-electron chi connectivity index (χ3n) is 4.86. The van der Waals surface area contributed by atoms with Crippen LogP contribution in [-0.4, -0.2) is 40.2 Å². The number of pyridine rings is 4. The second kappa shape index (κ2) is 10.2. The van der Waals surface area contributed by atoms with Crippen molar-refractivity contribution < 1.29 is 14.3 Å². The molecule has 4 rings (SSSR count). The third kappa shape index (κ3) is 5.04. The maximum absolute atomic E-state index is 11.8. The van der Waals surface area contributed by atoms with Crippen molar-refractivity contribution in [2.45, 2.75) is 6.04 Å². The van der Waals surface area contributed by atoms with Crippen molar-refractivity contribution in [1.29, 1.82) is 0 Å². The second-order valence-corrected chi connectivity index (χ2v) is 6.90. The fraction of sp³-hybridized carbons (Fsp3) is 0.125. The minimum atomic E-state index is -0.603. The Morgan fingerprint density at radius 3 is 2.18 bits per heavy atom. The van der Waals surface area contributed by atoms with Gasteiger partial charge < -0.3 is 14.4 Å². The van der Waals surface area contributed by atoms with Gasteiger partial charge in [0, 0.05) is 30.9 Å². The molecule has 0 unspecified atom stereocenters. The van der Waals surface area contributed by atoms with E-state index in [1.165, 1.54) is 7.11 Å². The Morgan fingerprint density at radius 1 is 0.909 bits per heavy atom. The van der Waals surface area contributed by atoms with Gasteiger partial charge in [-0.25, -0.2) is 14.8 Å². The van der Waals surface area contributed by atoms with Gasteiger partial charge in [0.2, 0.25) is 5.88 Å². The molecular formula is C24H22N6O3. The highest BCUT2D eigenvalue weighted by atomic mass is 16.5. The number of anilines is 3. The van der Waals surface area contributed by atoms with Crippen LogP contribution in [0.1, 0.15) is 17.2 Å². The molecule has 9 nitrogen and oxygen atoms in total. The van der Waals surface area contributed by atoms with Crippen LogP contribution < -0.4 is 15.0 Å². The Hall–Kier alpha value is -4.53. The van der Waals surface area contributed by atoms with Gasteiger partial charge in [-0.15, -0.1) is 0 Å². The van der Waals surface area contributed by atoms with E-state index in [0.717, 1.165) is 16.8 Å². The van der Waals surface area contributed by atoms with Gasteiger partial charge in [-0.1, -0.05) is 18.2 Å². The molecular weight excluding hydrogens is 420 g/mol. The largest absolute Gasteiger partial charge is 0.481 e. The first kappa shape index (κ1) is 21.7. The van der Waals surface area contributed by atoms with Crippen LogP contribution in [0.5, 0.6) is 5.88 Å². The number of aromatic nitrogens is 4. The van der Waals surface area contributed by atoms with E-state index < -0.39 is 6.09 Å². The van der Waals surface area contributed by atoms with Crippen molar-refractivity contribution in [1.82, 2.24) is 19.9 Å². The summed E-state index contributed by atoms with van der Waals surface area (Å²) in [4.78, 5) is 31.4. The highest BCUT2D eigenvalue weighted by Crippen LogP contribution is 2.38. The van der Waals surface area contributed by atoms with Crippen LogP contribution in [0.25, 0.3) is 0 Å². The molecule has 1 N–H and O–H groups in total. The summed E-state index contributed by atoms with van der Waals surface area (Å²) in [5.41, 5.74) is 2.61. The zero-order valence-corrected chi connectivity index (χ0v) is 18.1. The van der Waals surface area contributed by atoms with Crippen LogP contribution in [-0.2, 0) is 4.74 Å². The number of methoxy groups -OCH3 is 2. The first-order chi connectivity index (χ1) is 16.2. The summed E-state index contributed by atoms with van der Waals surface area (Å²) >= 11 is 0. The second-order valence-electron chi connectivity index (χ2n) is 6.90. The first-order valence-electron chi connectivity index (χ1n) is 10.1. The van der Waals surface area contributed by atoms with Gasteiger partial charge in [0.1, 0.15) is 11.6 Å². The summed E-state index contributed by atoms with van der Waals surface area (Å²) in [5.74, 6) is 1.42. The molecule has 0 fully saturated rings. The maximum Gasteiger partial charge on any atom is 0.412 e. The van der Waals surface area contributed by atoms with Crippen molar-refractivity contribution in [2.75, 3.05) is 24.4 Å². The number of nitrogens with one attached hydrogen (secondary N) is 1. The molecule has 0 bridgehead atoms. The highest BCUT2D eigenvalue weighted by molar-refractivity contribution is 5.83. The molecule has 166 valence electrons. The van der Waals surface area contributed by atoms with Gasteiger partial charge in [-0.05, 0) is 41.5 Å². The van der Waals surface area contributed by atoms with E-state index in [4.69, 9.17) is 9.47 Å². The van der Waals surface area contributed by atoms with Crippen LogP contribution in [0, 0.1) is 0 Å². The number of carbonyl (C=O) groups is 1. The fourth-order valence-corrected chi connectivity index (χ4v) is 3.40. The molecule has 0 spiro atoms. The number of nitrogens with zero attached hydrogens (tertiary/aromatic N) is 5. The monoisotopic (exact) mass is 442 g/mol. The average Bonchev–Trinajstić information content (AvgIpc) is 2.88. The molecule has 0 atom stereocenters. The van der Waals surface area contributed by atoms with Crippen LogP contribution >= 0.6 is 0 Å². The Kier molecular flexibility index (Phi) is 6.70. The minimum absolute atomic E-state index is 0.330. The van der Waals surface area contributed by atoms with Crippen LogP contribution in [0.2, 0.25) is 0 Å². The Morgan fingerprint density at radius 2 is 1.64 bits per heavy atom. The van der Waals surface area contributed by atoms with Crippen molar-refractivity contribution >= 4 is 23.4 Å². The molecule has 0 aromatic carbocycles. The van der Waals surface area contributed by atoms with Gasteiger partial charge in [0.05, 0.1) is 32.1 Å². The van der Waals surface area contributed by atoms with E-state index >= 15 is 0 Å². The molecule has 4 aromatic heterocycles. The SMILES string of the molecule is COC(=O)Nc1cccc(N(c2ccc(OC)nc2)C(c2cccnc2)c2cccnc2)n1. The lowest BCUT2D eigenvalue weighted by Gasteiger charge is -2.33. The number of hydrogen-bond acceptors (Lipinski definition) is 8. The van der Waals surface area contributed by atoms with E-state index in [2.05, 4.69) is 25.3 Å². The maximum atomic E-state index is 11.8. The van der Waals surface area contributed by atoms with E-state index in [-0.39, 0.29) is 6.04 Å². The quantitative estimate of drug-likeness (QED) is 0.450. The summed E-state index contributed by atoms with van der Waals surface area (Å²) < 4.78 is 9.94. The summed E-state index contributed by atoms with van der Waals surface area (Å²) in [6, 6.07) is 16.4. The number of amides is 1. The molecule has 0 saturated carbocycles. The molecule has 0 saturated heterocycles. The van der Waals surface area contributed by atoms with E-state index in [1.54, 1.807) is 56.3 Å². The van der Waals surface area contributed by atoms with E-state index in [1.807, 2.05) is 41.3 Å². The highest BCUT2D eigenvalue weighted by Gasteiger charge is 2.27. The standard InChI is InChI=1S/C24H22N6O3/c1-32-22-11-10-19(16-27-22)30(21-9-3-8-20(28-21)29-24(31)33-2)23(17-6-4-12-25-14-17)18-7-5-13-26-15-18/h3-16,23H,1-2H3,(H,28,29,31). The summed E-state index contributed by atoms with van der Waals surface area (Å²) in [6.07, 6.45) is 8.16. The Labute approximate surface area is 191 Å². The lowest BCUT2D eigenvalue weighted by molar-refractivity contribution is 0.187. The number of hydrogen-bond donors (Lipinski definition) is 1. The summed E-state index contributed by atoms with van der Waals surface area (Å²) in [7, 11) is 2.87. The van der Waals surface area contributed by atoms with Crippen LogP contribution in [0.3, 0.4) is 0 Å². The van der Waals surface area contributed by atoms with Crippen molar-refractivity contribution in [3.05, 3.63) is 96.7 Å². The molecule has 0 aliphatic carbocycles. The van der Waals surface area contributed by atoms with Crippen LogP contribution in [0.4, 0.5) is 22.1 Å². The number of rotatable bonds is 7. The summed E-state index contributed by atoms with van der Waals surface area (Å²) in [6.45, 7) is 0. The van der Waals surface area contributed by atoms with Gasteiger partial charge in [0.15, 0.2) is 0 Å². The number of ether oxygens (including phenoxy) is 2. The lowest BCUT2D eigenvalue weighted by atomic mass is 9.99. The first-order valence-corrected chi connectivity index (χ1v) is 10.1. The average molecular weight is 442 g/mol. The Balaban J connectivity index is 1.89. The zero-order chi connectivity index (χ0) is 23.0. The molecule has 0 aliphatic heterocycles. The lowest BCUT2D eigenvalue weighted by Crippen LogP contribution is -2.26. The molecule has 4 aromatic rings. The molecule has 1 amide bonds. The van der Waals surface area contributed by atoms with E-state index in [9.17, 15) is 4.79 Å². The van der Waals surface area contributed by atoms with Crippen LogP contribution in [0.15, 0.2) is 85.6 Å². The minimum Gasteiger partial charge on any atom is -0.481 e. The van der Waals surface area contributed by atoms with Crippen molar-refractivity contribution in [3.63, 3.8) is 0 Å². The topological polar surface area (TPSA) is 102 Å². The molecule has 9 heteroatoms. The van der Waals surface area contributed by atoms with Gasteiger partial charge in [-0.3, -0.25) is 15.3 Å². The Bertz CT molecular complexity index is 1150. The van der Waals surface area contributed by atoms with Gasteiger partial charge >= 0.3 is 6.09 Å². The molecule has 0 radical (unpaired) electrons.